The first kappa shape index (κ1) is 60.1. The molecule has 0 atom stereocenters. The number of hydrogen-bond donors (Lipinski definition) is 1. The molecular weight excluding hydrogens is 997 g/mol. The van der Waals surface area contributed by atoms with E-state index < -0.39 is 60.1 Å². The number of anilines is 1. The molecule has 0 bridgehead atoms. The Morgan fingerprint density at radius 2 is 0.866 bits per heavy atom. The van der Waals surface area contributed by atoms with Crippen LogP contribution < -0.4 is 123 Å². The van der Waals surface area contributed by atoms with E-state index in [1.54, 1.807) is 0 Å². The second-order valence-corrected chi connectivity index (χ2v) is 18.1. The molecule has 0 saturated carbocycles. The zero-order valence-corrected chi connectivity index (χ0v) is 46.7. The van der Waals surface area contributed by atoms with E-state index in [1.165, 1.54) is 97.1 Å². The second-order valence-electron chi connectivity index (χ2n) is 12.6. The van der Waals surface area contributed by atoms with Crippen molar-refractivity contribution in [1.29, 1.82) is 0 Å². The van der Waals surface area contributed by atoms with E-state index in [4.69, 9.17) is 0 Å². The maximum Gasteiger partial charge on any atom is 1.00 e. The molecule has 0 radical (unpaired) electrons. The monoisotopic (exact) mass is 1020 g/mol. The first-order valence-electron chi connectivity index (χ1n) is 17.3. The molecule has 3 aromatic carbocycles. The van der Waals surface area contributed by atoms with E-state index in [0.717, 1.165) is 48.6 Å². The van der Waals surface area contributed by atoms with Crippen LogP contribution in [0, 0.1) is 0 Å². The van der Waals surface area contributed by atoms with Crippen molar-refractivity contribution < 1.29 is 180 Å². The molecule has 0 heterocycles. The van der Waals surface area contributed by atoms with Crippen LogP contribution in [-0.4, -0.2) is 84.7 Å². The summed E-state index contributed by atoms with van der Waals surface area (Å²) in [5.41, 5.74) is 0.957. The van der Waals surface area contributed by atoms with E-state index in [2.05, 4.69) is 35.4 Å². The van der Waals surface area contributed by atoms with Crippen molar-refractivity contribution in [1.82, 2.24) is 0 Å². The van der Waals surface area contributed by atoms with Gasteiger partial charge in [0.2, 0.25) is 0 Å². The van der Waals surface area contributed by atoms with E-state index in [-0.39, 0.29) is 158 Å². The summed E-state index contributed by atoms with van der Waals surface area (Å²) in [5, 5.41) is 34.7. The standard InChI is InChI=1S/C38H28N8O13S4.4Na/c47-46(34-17-11-29(12-18-34)40-42-31-15-21-36(22-16-31)61(51,52)53)45-33-6-4-26(38(24-33)63(57,58)59)2-1-25-3-5-32(23-37(25)62(54,55)56)44-43-28-9-7-27(8-10-28)39-41-30-13-19-35(20-14-30)60(48,49)50;;;;/h1-24H,(H4-,45,47,48,49,50,51,52,53,54,55,56,57,58,59);;;;/q;4*+1/p-3. The van der Waals surface area contributed by atoms with Gasteiger partial charge in [0.25, 0.3) is 0 Å². The van der Waals surface area contributed by atoms with Gasteiger partial charge in [0.1, 0.15) is 51.3 Å². The Morgan fingerprint density at radius 1 is 0.478 bits per heavy atom. The molecule has 3 aliphatic carbocycles. The van der Waals surface area contributed by atoms with Gasteiger partial charge in [-0.3, -0.25) is 5.21 Å². The van der Waals surface area contributed by atoms with Crippen LogP contribution in [0.25, 0.3) is 0 Å². The smallest absolute Gasteiger partial charge is 0.744 e. The first-order valence-corrected chi connectivity index (χ1v) is 22.9. The molecule has 67 heavy (non-hydrogen) atoms. The number of azo groups is 1. The summed E-state index contributed by atoms with van der Waals surface area (Å²) in [5.74, 6) is 0. The minimum Gasteiger partial charge on any atom is -0.744 e. The Labute approximate surface area is 472 Å². The SMILES string of the molecule is O=S(=O)([O-])C1=CC(=NN=C2C=CC(=[N+]=Nc3ccc(S(=O)(=O)[O-])cc3)C=C2)C=CC1=CC=C1C=CC(=NN(O)c2ccc(N=Nc3ccc(S(=O)(=O)[O-])cc3)cc2)C=C1S(=O)(=O)[O-].[Na+].[Na+].[Na+].[Na+]. The normalized spacial score (nSPS) is 17.2. The van der Waals surface area contributed by atoms with E-state index in [9.17, 15) is 57.1 Å². The molecule has 0 aromatic heterocycles. The van der Waals surface area contributed by atoms with E-state index in [1.807, 2.05) is 0 Å². The average Bonchev–Trinajstić information content (AvgIpc) is 3.23. The Bertz CT molecular complexity index is 3290. The van der Waals surface area contributed by atoms with Crippen molar-refractivity contribution in [2.75, 3.05) is 5.17 Å². The molecular formula is C38H25N8Na4O13S4+. The van der Waals surface area contributed by atoms with Crippen LogP contribution in [0.1, 0.15) is 0 Å². The summed E-state index contributed by atoms with van der Waals surface area (Å²) in [4.78, 5) is 1.64. The van der Waals surface area contributed by atoms with Gasteiger partial charge in [-0.15, -0.1) is 10.3 Å². The number of rotatable bonds is 11. The Morgan fingerprint density at radius 3 is 1.31 bits per heavy atom. The molecule has 29 heteroatoms. The van der Waals surface area contributed by atoms with Gasteiger partial charge in [-0.25, -0.2) is 33.7 Å². The first-order chi connectivity index (χ1) is 29.6. The van der Waals surface area contributed by atoms with Gasteiger partial charge >= 0.3 is 124 Å². The second kappa shape index (κ2) is 25.7. The predicted octanol–water partition coefficient (Wildman–Crippen LogP) is -7.32. The van der Waals surface area contributed by atoms with Crippen LogP contribution in [0.3, 0.4) is 0 Å². The quantitative estimate of drug-likeness (QED) is 0.0466. The van der Waals surface area contributed by atoms with Crippen LogP contribution >= 0.6 is 0 Å². The molecule has 0 aliphatic heterocycles. The third-order valence-electron chi connectivity index (χ3n) is 8.21. The zero-order valence-electron chi connectivity index (χ0n) is 35.4. The number of hydrazone groups is 1. The molecule has 21 nitrogen and oxygen atoms in total. The number of hydrogen-bond acceptors (Lipinski definition) is 20. The summed E-state index contributed by atoms with van der Waals surface area (Å²) < 4.78 is 140. The van der Waals surface area contributed by atoms with Gasteiger partial charge in [0, 0.05) is 12.2 Å². The molecule has 0 unspecified atom stereocenters. The Hall–Kier alpha value is -3.03. The largest absolute Gasteiger partial charge is 1.00 e. The van der Waals surface area contributed by atoms with Crippen LogP contribution in [0.5, 0.6) is 0 Å². The summed E-state index contributed by atoms with van der Waals surface area (Å²) in [6, 6.07) is 15.1. The van der Waals surface area contributed by atoms with Gasteiger partial charge in [0.05, 0.1) is 58.6 Å². The third-order valence-corrected chi connectivity index (χ3v) is 11.7. The number of nitrogens with zero attached hydrogens (tertiary/aromatic N) is 8. The van der Waals surface area contributed by atoms with Gasteiger partial charge in [-0.1, -0.05) is 24.3 Å². The topological polar surface area (TPSA) is 341 Å². The Kier molecular flexibility index (Phi) is 23.1. The van der Waals surface area contributed by atoms with Gasteiger partial charge in [-0.2, -0.15) is 20.4 Å². The van der Waals surface area contributed by atoms with Crippen molar-refractivity contribution in [3.8, 4) is 0 Å². The van der Waals surface area contributed by atoms with E-state index in [0.29, 0.717) is 22.3 Å². The summed E-state index contributed by atoms with van der Waals surface area (Å²) in [7, 11) is -19.6. The molecule has 0 spiro atoms. The minimum absolute atomic E-state index is 0. The summed E-state index contributed by atoms with van der Waals surface area (Å²) in [6.07, 6.45) is 15.0. The number of allylic oxidation sites excluding steroid dienone is 14. The molecule has 322 valence electrons. The van der Waals surface area contributed by atoms with Crippen molar-refractivity contribution in [3.63, 3.8) is 0 Å². The fourth-order valence-electron chi connectivity index (χ4n) is 5.17. The molecule has 3 aliphatic rings. The number of benzene rings is 3. The van der Waals surface area contributed by atoms with Crippen molar-refractivity contribution in [2.45, 2.75) is 9.79 Å². The van der Waals surface area contributed by atoms with Crippen molar-refractivity contribution in [3.05, 3.63) is 167 Å². The van der Waals surface area contributed by atoms with Crippen LogP contribution in [-0.2, 0) is 40.5 Å². The fraction of sp³-hybridized carbons (Fsp3) is 0. The third kappa shape index (κ3) is 17.7. The molecule has 0 saturated heterocycles. The van der Waals surface area contributed by atoms with Crippen LogP contribution in [0.2, 0.25) is 0 Å². The molecule has 0 fully saturated rings. The van der Waals surface area contributed by atoms with Gasteiger partial charge in [0.15, 0.2) is 0 Å². The van der Waals surface area contributed by atoms with Crippen molar-refractivity contribution >= 4 is 86.1 Å². The van der Waals surface area contributed by atoms with Crippen molar-refractivity contribution in [2.24, 2.45) is 30.6 Å². The summed E-state index contributed by atoms with van der Waals surface area (Å²) in [6.45, 7) is 0. The van der Waals surface area contributed by atoms with E-state index >= 15 is 0 Å². The summed E-state index contributed by atoms with van der Waals surface area (Å²) >= 11 is 0. The maximum absolute atomic E-state index is 12.3. The van der Waals surface area contributed by atoms with Gasteiger partial charge < -0.3 is 18.2 Å². The molecule has 6 rings (SSSR count). The molecule has 3 aromatic rings. The average molecular weight is 1020 g/mol. The maximum atomic E-state index is 12.3. The zero-order chi connectivity index (χ0) is 45.6. The van der Waals surface area contributed by atoms with Crippen LogP contribution in [0.4, 0.5) is 22.7 Å². The fourth-order valence-corrected chi connectivity index (χ4v) is 7.49. The molecule has 0 amide bonds. The predicted molar refractivity (Wildman–Crippen MR) is 222 cm³/mol. The minimum atomic E-state index is -5.19. The Balaban J connectivity index is 0.00000385. The van der Waals surface area contributed by atoms with Gasteiger partial charge in [-0.05, 0) is 120 Å². The molecule has 1 N–H and O–H groups in total. The van der Waals surface area contributed by atoms with Crippen LogP contribution in [0.15, 0.2) is 207 Å².